The lowest BCUT2D eigenvalue weighted by Gasteiger charge is -2.29. The molecular formula is C26H29N3O4. The molecule has 172 valence electrons. The number of hydrogen-bond acceptors (Lipinski definition) is 5. The Morgan fingerprint density at radius 1 is 1.18 bits per heavy atom. The second-order valence-electron chi connectivity index (χ2n) is 9.26. The standard InChI is InChI=1S/C26H29N3O4/c1-15-16(2)24-21(26(32)29(14-27-24)22-9-10-33-13-23(22)30)12-19(15)11-17-3-5-18(6-4-17)25(31)28-20-7-8-20/h3-6,12,14,20,22-23,30H,7-11,13H2,1-2H3,(H,28,31)/t22-,23-/m0/s1. The number of nitrogens with one attached hydrogen (secondary N) is 1. The lowest BCUT2D eigenvalue weighted by Crippen LogP contribution is -2.39. The number of nitrogens with zero attached hydrogens (tertiary/aromatic N) is 2. The van der Waals surface area contributed by atoms with Crippen molar-refractivity contribution in [2.45, 2.75) is 57.7 Å². The zero-order chi connectivity index (χ0) is 23.1. The van der Waals surface area contributed by atoms with Crippen molar-refractivity contribution in [2.75, 3.05) is 13.2 Å². The van der Waals surface area contributed by atoms with Crippen LogP contribution in [0.1, 0.15) is 57.9 Å². The van der Waals surface area contributed by atoms with E-state index in [2.05, 4.69) is 17.2 Å². The zero-order valence-corrected chi connectivity index (χ0v) is 19.0. The van der Waals surface area contributed by atoms with E-state index in [0.717, 1.165) is 35.1 Å². The Balaban J connectivity index is 1.46. The van der Waals surface area contributed by atoms with E-state index in [0.29, 0.717) is 42.0 Å². The number of carbonyl (C=O) groups is 1. The van der Waals surface area contributed by atoms with Gasteiger partial charge in [-0.15, -0.1) is 0 Å². The van der Waals surface area contributed by atoms with E-state index in [-0.39, 0.29) is 24.1 Å². The number of ether oxygens (including phenoxy) is 1. The van der Waals surface area contributed by atoms with Gasteiger partial charge < -0.3 is 15.2 Å². The number of aliphatic hydroxyl groups is 1. The Labute approximate surface area is 192 Å². The molecule has 1 aliphatic carbocycles. The average molecular weight is 448 g/mol. The first-order chi connectivity index (χ1) is 15.9. The summed E-state index contributed by atoms with van der Waals surface area (Å²) in [5, 5.41) is 13.9. The number of amides is 1. The van der Waals surface area contributed by atoms with E-state index in [4.69, 9.17) is 4.74 Å². The van der Waals surface area contributed by atoms with Gasteiger partial charge in [-0.25, -0.2) is 4.98 Å². The fourth-order valence-electron chi connectivity index (χ4n) is 4.56. The van der Waals surface area contributed by atoms with E-state index in [1.807, 2.05) is 37.3 Å². The second-order valence-corrected chi connectivity index (χ2v) is 9.26. The van der Waals surface area contributed by atoms with Gasteiger partial charge in [0.15, 0.2) is 0 Å². The third-order valence-electron chi connectivity index (χ3n) is 6.92. The minimum absolute atomic E-state index is 0.0243. The molecule has 1 saturated heterocycles. The van der Waals surface area contributed by atoms with Gasteiger partial charge in [-0.2, -0.15) is 0 Å². The molecule has 5 rings (SSSR count). The molecule has 2 heterocycles. The minimum Gasteiger partial charge on any atom is -0.389 e. The van der Waals surface area contributed by atoms with Crippen LogP contribution in [0.4, 0.5) is 0 Å². The first-order valence-corrected chi connectivity index (χ1v) is 11.6. The van der Waals surface area contributed by atoms with E-state index < -0.39 is 6.10 Å². The van der Waals surface area contributed by atoms with Crippen LogP contribution in [0.25, 0.3) is 10.9 Å². The van der Waals surface area contributed by atoms with E-state index in [1.54, 1.807) is 10.9 Å². The molecule has 1 saturated carbocycles. The van der Waals surface area contributed by atoms with Gasteiger partial charge in [0, 0.05) is 18.2 Å². The molecule has 1 aromatic heterocycles. The third-order valence-corrected chi connectivity index (χ3v) is 6.92. The molecule has 0 radical (unpaired) electrons. The smallest absolute Gasteiger partial charge is 0.261 e. The Hall–Kier alpha value is -3.03. The van der Waals surface area contributed by atoms with Crippen molar-refractivity contribution >= 4 is 16.8 Å². The van der Waals surface area contributed by atoms with Gasteiger partial charge in [-0.05, 0) is 80.0 Å². The van der Waals surface area contributed by atoms with Crippen molar-refractivity contribution in [3.8, 4) is 0 Å². The Bertz CT molecular complexity index is 1260. The van der Waals surface area contributed by atoms with Crippen LogP contribution in [0.3, 0.4) is 0 Å². The molecule has 2 aromatic carbocycles. The predicted octanol–water partition coefficient (Wildman–Crippen LogP) is 2.82. The second kappa shape index (κ2) is 8.72. The predicted molar refractivity (Wildman–Crippen MR) is 126 cm³/mol. The highest BCUT2D eigenvalue weighted by Crippen LogP contribution is 2.26. The fourth-order valence-corrected chi connectivity index (χ4v) is 4.56. The van der Waals surface area contributed by atoms with E-state index in [1.165, 1.54) is 0 Å². The van der Waals surface area contributed by atoms with Crippen LogP contribution in [0.2, 0.25) is 0 Å². The summed E-state index contributed by atoms with van der Waals surface area (Å²) in [5.41, 5.74) is 5.45. The Kier molecular flexibility index (Phi) is 5.76. The molecule has 2 fully saturated rings. The van der Waals surface area contributed by atoms with Crippen molar-refractivity contribution in [3.05, 3.63) is 74.8 Å². The maximum Gasteiger partial charge on any atom is 0.261 e. The zero-order valence-electron chi connectivity index (χ0n) is 19.0. The van der Waals surface area contributed by atoms with Crippen molar-refractivity contribution in [3.63, 3.8) is 0 Å². The summed E-state index contributed by atoms with van der Waals surface area (Å²) in [5.74, 6) is -0.0243. The van der Waals surface area contributed by atoms with E-state index in [9.17, 15) is 14.7 Å². The minimum atomic E-state index is -0.725. The largest absolute Gasteiger partial charge is 0.389 e. The molecule has 1 aliphatic heterocycles. The third kappa shape index (κ3) is 4.30. The Morgan fingerprint density at radius 3 is 2.64 bits per heavy atom. The van der Waals surface area contributed by atoms with Gasteiger partial charge in [0.25, 0.3) is 11.5 Å². The highest BCUT2D eigenvalue weighted by molar-refractivity contribution is 5.94. The van der Waals surface area contributed by atoms with Gasteiger partial charge in [-0.1, -0.05) is 12.1 Å². The lowest BCUT2D eigenvalue weighted by atomic mass is 9.94. The molecule has 0 unspecified atom stereocenters. The topological polar surface area (TPSA) is 93.5 Å². The van der Waals surface area contributed by atoms with Crippen LogP contribution in [0, 0.1) is 13.8 Å². The van der Waals surface area contributed by atoms with Gasteiger partial charge in [0.05, 0.1) is 36.0 Å². The van der Waals surface area contributed by atoms with Crippen molar-refractivity contribution in [1.82, 2.24) is 14.9 Å². The highest BCUT2D eigenvalue weighted by atomic mass is 16.5. The van der Waals surface area contributed by atoms with Crippen molar-refractivity contribution in [1.29, 1.82) is 0 Å². The molecule has 2 N–H and O–H groups in total. The highest BCUT2D eigenvalue weighted by Gasteiger charge is 2.27. The van der Waals surface area contributed by atoms with Gasteiger partial charge in [0.2, 0.25) is 0 Å². The summed E-state index contributed by atoms with van der Waals surface area (Å²) in [6, 6.07) is 9.60. The molecule has 0 spiro atoms. The van der Waals surface area contributed by atoms with Crippen LogP contribution in [-0.2, 0) is 11.2 Å². The molecule has 2 atom stereocenters. The maximum absolute atomic E-state index is 13.4. The monoisotopic (exact) mass is 447 g/mol. The van der Waals surface area contributed by atoms with Crippen LogP contribution in [0.5, 0.6) is 0 Å². The van der Waals surface area contributed by atoms with Gasteiger partial charge in [0.1, 0.15) is 0 Å². The van der Waals surface area contributed by atoms with Crippen LogP contribution < -0.4 is 10.9 Å². The van der Waals surface area contributed by atoms with Crippen molar-refractivity contribution < 1.29 is 14.6 Å². The first-order valence-electron chi connectivity index (χ1n) is 11.6. The number of carbonyl (C=O) groups excluding carboxylic acids is 1. The summed E-state index contributed by atoms with van der Waals surface area (Å²) in [4.78, 5) is 30.2. The van der Waals surface area contributed by atoms with Gasteiger partial charge in [-0.3, -0.25) is 14.2 Å². The molecule has 0 bridgehead atoms. The lowest BCUT2D eigenvalue weighted by molar-refractivity contribution is -0.0395. The Morgan fingerprint density at radius 2 is 1.94 bits per heavy atom. The summed E-state index contributed by atoms with van der Waals surface area (Å²) in [6.45, 7) is 4.78. The van der Waals surface area contributed by atoms with Crippen molar-refractivity contribution in [2.24, 2.45) is 0 Å². The van der Waals surface area contributed by atoms with Gasteiger partial charge >= 0.3 is 0 Å². The number of rotatable bonds is 5. The summed E-state index contributed by atoms with van der Waals surface area (Å²) >= 11 is 0. The number of aryl methyl sites for hydroxylation is 1. The average Bonchev–Trinajstić information content (AvgIpc) is 3.63. The van der Waals surface area contributed by atoms with Crippen LogP contribution >= 0.6 is 0 Å². The quantitative estimate of drug-likeness (QED) is 0.627. The number of benzene rings is 2. The number of hydrogen-bond donors (Lipinski definition) is 2. The summed E-state index contributed by atoms with van der Waals surface area (Å²) in [7, 11) is 0. The molecule has 7 nitrogen and oxygen atoms in total. The number of fused-ring (bicyclic) bond motifs is 1. The van der Waals surface area contributed by atoms with E-state index >= 15 is 0 Å². The number of aromatic nitrogens is 2. The molecule has 1 amide bonds. The molecular weight excluding hydrogens is 418 g/mol. The van der Waals surface area contributed by atoms with Crippen LogP contribution in [-0.4, -0.2) is 45.9 Å². The molecule has 3 aromatic rings. The summed E-state index contributed by atoms with van der Waals surface area (Å²) < 4.78 is 6.87. The molecule has 7 heteroatoms. The molecule has 2 aliphatic rings. The van der Waals surface area contributed by atoms with Crippen LogP contribution in [0.15, 0.2) is 41.5 Å². The fraction of sp³-hybridized carbons (Fsp3) is 0.423. The summed E-state index contributed by atoms with van der Waals surface area (Å²) in [6.07, 6.45) is 4.19. The SMILES string of the molecule is Cc1c(Cc2ccc(C(=O)NC3CC3)cc2)cc2c(=O)n([C@H]3CCOC[C@@H]3O)cnc2c1C. The first kappa shape index (κ1) is 21.8. The molecule has 33 heavy (non-hydrogen) atoms. The number of aliphatic hydroxyl groups excluding tert-OH is 1. The normalized spacial score (nSPS) is 20.7. The maximum atomic E-state index is 13.4.